The van der Waals surface area contributed by atoms with Crippen LogP contribution in [0.25, 0.3) is 0 Å². The SMILES string of the molecule is Cl.O[C@H]1CN[C@H](c2cccc(Br)c2)C1. The third-order valence-electron chi connectivity index (χ3n) is 2.36. The largest absolute Gasteiger partial charge is 0.392 e. The Balaban J connectivity index is 0.000000980. The molecule has 0 unspecified atom stereocenters. The number of nitrogens with one attached hydrogen (secondary N) is 1. The Bertz CT molecular complexity index is 308. The van der Waals surface area contributed by atoms with Crippen molar-refractivity contribution in [2.45, 2.75) is 18.6 Å². The molecular weight excluding hydrogens is 265 g/mol. The summed E-state index contributed by atoms with van der Waals surface area (Å²) in [4.78, 5) is 0. The summed E-state index contributed by atoms with van der Waals surface area (Å²) in [6.07, 6.45) is 0.625. The molecule has 0 amide bonds. The van der Waals surface area contributed by atoms with Gasteiger partial charge in [-0.15, -0.1) is 12.4 Å². The zero-order chi connectivity index (χ0) is 9.26. The first-order chi connectivity index (χ1) is 6.25. The molecule has 0 aliphatic carbocycles. The van der Waals surface area contributed by atoms with Crippen molar-refractivity contribution in [3.63, 3.8) is 0 Å². The summed E-state index contributed by atoms with van der Waals surface area (Å²) in [7, 11) is 0. The van der Waals surface area contributed by atoms with Crippen molar-refractivity contribution >= 4 is 28.3 Å². The van der Waals surface area contributed by atoms with Gasteiger partial charge in [-0.3, -0.25) is 0 Å². The summed E-state index contributed by atoms with van der Waals surface area (Å²) in [6.45, 7) is 0.706. The molecule has 0 radical (unpaired) electrons. The van der Waals surface area contributed by atoms with Crippen molar-refractivity contribution in [3.05, 3.63) is 34.3 Å². The van der Waals surface area contributed by atoms with E-state index in [0.717, 1.165) is 10.9 Å². The van der Waals surface area contributed by atoms with Gasteiger partial charge in [0, 0.05) is 17.1 Å². The standard InChI is InChI=1S/C10H12BrNO.ClH/c11-8-3-1-2-7(4-8)10-5-9(13)6-12-10;/h1-4,9-10,12-13H,5-6H2;1H/t9-,10+;/m1./s1. The number of aliphatic hydroxyl groups excluding tert-OH is 1. The van der Waals surface area contributed by atoms with Crippen LogP contribution < -0.4 is 5.32 Å². The van der Waals surface area contributed by atoms with Crippen LogP contribution in [-0.4, -0.2) is 17.8 Å². The molecule has 0 spiro atoms. The molecule has 1 aromatic carbocycles. The van der Waals surface area contributed by atoms with Crippen molar-refractivity contribution in [1.82, 2.24) is 5.32 Å². The summed E-state index contributed by atoms with van der Waals surface area (Å²) >= 11 is 3.43. The summed E-state index contributed by atoms with van der Waals surface area (Å²) in [6, 6.07) is 8.52. The maximum atomic E-state index is 9.36. The van der Waals surface area contributed by atoms with E-state index in [1.165, 1.54) is 5.56 Å². The maximum absolute atomic E-state index is 9.36. The van der Waals surface area contributed by atoms with E-state index in [9.17, 15) is 5.11 Å². The first-order valence-corrected chi connectivity index (χ1v) is 5.22. The highest BCUT2D eigenvalue weighted by molar-refractivity contribution is 9.10. The average molecular weight is 279 g/mol. The van der Waals surface area contributed by atoms with Crippen molar-refractivity contribution in [2.75, 3.05) is 6.54 Å². The predicted octanol–water partition coefficient (Wildman–Crippen LogP) is 2.27. The number of hydrogen-bond donors (Lipinski definition) is 2. The minimum absolute atomic E-state index is 0. The topological polar surface area (TPSA) is 32.3 Å². The highest BCUT2D eigenvalue weighted by Gasteiger charge is 2.22. The molecule has 78 valence electrons. The molecule has 2 rings (SSSR count). The Labute approximate surface area is 98.3 Å². The number of β-amino-alcohol motifs (C(OH)–C–C–N with tert-alkyl or cyclic N) is 1. The second-order valence-electron chi connectivity index (χ2n) is 3.41. The van der Waals surface area contributed by atoms with Crippen LogP contribution in [0.3, 0.4) is 0 Å². The predicted molar refractivity (Wildman–Crippen MR) is 62.8 cm³/mol. The van der Waals surface area contributed by atoms with Gasteiger partial charge in [0.15, 0.2) is 0 Å². The monoisotopic (exact) mass is 277 g/mol. The fourth-order valence-corrected chi connectivity index (χ4v) is 2.11. The van der Waals surface area contributed by atoms with Crippen LogP contribution in [0.4, 0.5) is 0 Å². The Hall–Kier alpha value is -0.0900. The smallest absolute Gasteiger partial charge is 0.0682 e. The quantitative estimate of drug-likeness (QED) is 0.826. The van der Waals surface area contributed by atoms with Gasteiger partial charge in [-0.1, -0.05) is 28.1 Å². The number of benzene rings is 1. The van der Waals surface area contributed by atoms with E-state index < -0.39 is 0 Å². The van der Waals surface area contributed by atoms with Gasteiger partial charge in [0.2, 0.25) is 0 Å². The minimum Gasteiger partial charge on any atom is -0.392 e. The van der Waals surface area contributed by atoms with Crippen LogP contribution in [0.2, 0.25) is 0 Å². The van der Waals surface area contributed by atoms with Gasteiger partial charge in [0.25, 0.3) is 0 Å². The molecule has 1 heterocycles. The molecule has 0 bridgehead atoms. The van der Waals surface area contributed by atoms with Crippen LogP contribution in [0, 0.1) is 0 Å². The number of aliphatic hydroxyl groups is 1. The van der Waals surface area contributed by atoms with Crippen molar-refractivity contribution in [1.29, 1.82) is 0 Å². The van der Waals surface area contributed by atoms with Gasteiger partial charge in [0.1, 0.15) is 0 Å². The molecule has 2 N–H and O–H groups in total. The van der Waals surface area contributed by atoms with Crippen LogP contribution in [0.15, 0.2) is 28.7 Å². The van der Waals surface area contributed by atoms with Gasteiger partial charge in [-0.05, 0) is 24.1 Å². The van der Waals surface area contributed by atoms with E-state index in [1.807, 2.05) is 12.1 Å². The molecule has 2 atom stereocenters. The fourth-order valence-electron chi connectivity index (χ4n) is 1.69. The molecule has 2 nitrogen and oxygen atoms in total. The minimum atomic E-state index is -0.191. The Kier molecular flexibility index (Phi) is 4.38. The third kappa shape index (κ3) is 2.70. The first kappa shape index (κ1) is 12.0. The van der Waals surface area contributed by atoms with Gasteiger partial charge >= 0.3 is 0 Å². The molecule has 0 aromatic heterocycles. The second kappa shape index (κ2) is 5.12. The lowest BCUT2D eigenvalue weighted by Gasteiger charge is -2.10. The van der Waals surface area contributed by atoms with Crippen LogP contribution in [0.1, 0.15) is 18.0 Å². The van der Waals surface area contributed by atoms with E-state index in [-0.39, 0.29) is 18.5 Å². The summed E-state index contributed by atoms with van der Waals surface area (Å²) in [5.41, 5.74) is 1.24. The number of hydrogen-bond acceptors (Lipinski definition) is 2. The van der Waals surface area contributed by atoms with Crippen LogP contribution in [0.5, 0.6) is 0 Å². The van der Waals surface area contributed by atoms with E-state index in [1.54, 1.807) is 0 Å². The van der Waals surface area contributed by atoms with Crippen LogP contribution >= 0.6 is 28.3 Å². The molecule has 0 saturated carbocycles. The molecule has 1 aromatic rings. The lowest BCUT2D eigenvalue weighted by Crippen LogP contribution is -2.14. The van der Waals surface area contributed by atoms with E-state index >= 15 is 0 Å². The Morgan fingerprint density at radius 3 is 2.79 bits per heavy atom. The molecule has 1 aliphatic heterocycles. The molecule has 4 heteroatoms. The van der Waals surface area contributed by atoms with E-state index in [2.05, 4.69) is 33.4 Å². The highest BCUT2D eigenvalue weighted by atomic mass is 79.9. The van der Waals surface area contributed by atoms with Gasteiger partial charge in [-0.2, -0.15) is 0 Å². The zero-order valence-electron chi connectivity index (χ0n) is 7.61. The van der Waals surface area contributed by atoms with E-state index in [4.69, 9.17) is 0 Å². The number of halogens is 2. The van der Waals surface area contributed by atoms with Crippen LogP contribution in [-0.2, 0) is 0 Å². The number of rotatable bonds is 1. The lowest BCUT2D eigenvalue weighted by molar-refractivity contribution is 0.193. The molecule has 1 fully saturated rings. The summed E-state index contributed by atoms with van der Waals surface area (Å²) in [5, 5.41) is 12.6. The summed E-state index contributed by atoms with van der Waals surface area (Å²) in [5.74, 6) is 0. The van der Waals surface area contributed by atoms with Gasteiger partial charge in [-0.25, -0.2) is 0 Å². The second-order valence-corrected chi connectivity index (χ2v) is 4.32. The van der Waals surface area contributed by atoms with Crippen molar-refractivity contribution in [3.8, 4) is 0 Å². The van der Waals surface area contributed by atoms with E-state index in [0.29, 0.717) is 12.6 Å². The third-order valence-corrected chi connectivity index (χ3v) is 2.85. The normalized spacial score (nSPS) is 25.9. The molecular formula is C10H13BrClNO. The van der Waals surface area contributed by atoms with Crippen molar-refractivity contribution in [2.24, 2.45) is 0 Å². The van der Waals surface area contributed by atoms with Gasteiger partial charge < -0.3 is 10.4 Å². The maximum Gasteiger partial charge on any atom is 0.0682 e. The Morgan fingerprint density at radius 1 is 1.43 bits per heavy atom. The zero-order valence-corrected chi connectivity index (χ0v) is 10.0. The first-order valence-electron chi connectivity index (χ1n) is 4.42. The fraction of sp³-hybridized carbons (Fsp3) is 0.400. The molecule has 1 saturated heterocycles. The molecule has 1 aliphatic rings. The lowest BCUT2D eigenvalue weighted by atomic mass is 10.1. The summed E-state index contributed by atoms with van der Waals surface area (Å²) < 4.78 is 1.09. The van der Waals surface area contributed by atoms with Crippen molar-refractivity contribution < 1.29 is 5.11 Å². The van der Waals surface area contributed by atoms with Gasteiger partial charge in [0.05, 0.1) is 6.10 Å². The molecule has 14 heavy (non-hydrogen) atoms. The Morgan fingerprint density at radius 2 is 2.21 bits per heavy atom. The highest BCUT2D eigenvalue weighted by Crippen LogP contribution is 2.25. The average Bonchev–Trinajstić information content (AvgIpc) is 2.52.